The highest BCUT2D eigenvalue weighted by Crippen LogP contribution is 2.49. The van der Waals surface area contributed by atoms with Crippen molar-refractivity contribution < 1.29 is 35.1 Å². The fourth-order valence-electron chi connectivity index (χ4n) is 3.96. The molecule has 0 spiro atoms. The van der Waals surface area contributed by atoms with E-state index in [1.165, 1.54) is 19.2 Å². The fourth-order valence-corrected chi connectivity index (χ4v) is 5.10. The molecule has 12 heteroatoms. The third kappa shape index (κ3) is 5.39. The molecule has 1 aliphatic rings. The van der Waals surface area contributed by atoms with Crippen LogP contribution in [0.5, 0.6) is 11.5 Å². The van der Waals surface area contributed by atoms with Crippen LogP contribution >= 0.6 is 0 Å². The average molecular weight is 525 g/mol. The van der Waals surface area contributed by atoms with Crippen LogP contribution in [-0.4, -0.2) is 36.8 Å². The predicted octanol–water partition coefficient (Wildman–Crippen LogP) is 3.62. The number of alkyl halides is 2. The van der Waals surface area contributed by atoms with Gasteiger partial charge in [-0.05, 0) is 41.0 Å². The summed E-state index contributed by atoms with van der Waals surface area (Å²) in [5, 5.41) is 5.21. The number of nitrogens with zero attached hydrogens (tertiary/aromatic N) is 1. The first-order chi connectivity index (χ1) is 16.3. The molecule has 1 aliphatic heterocycles. The molecule has 0 bridgehead atoms. The zero-order valence-electron chi connectivity index (χ0n) is 18.7. The monoisotopic (exact) mass is 524 g/mol. The summed E-state index contributed by atoms with van der Waals surface area (Å²) in [7, 11) is -5.96. The molecule has 1 heterocycles. The van der Waals surface area contributed by atoms with Gasteiger partial charge in [-0.3, -0.25) is 4.31 Å². The molecule has 1 atom stereocenters. The Morgan fingerprint density at radius 3 is 2.43 bits per heavy atom. The minimum absolute atomic E-state index is 0.0954. The molecule has 35 heavy (non-hydrogen) atoms. The molecule has 3 aromatic carbocycles. The highest BCUT2D eigenvalue weighted by Gasteiger charge is 2.31. The minimum Gasteiger partial charge on any atom is -0.480 e. The Morgan fingerprint density at radius 1 is 1.06 bits per heavy atom. The second-order valence-corrected chi connectivity index (χ2v) is 11.7. The normalized spacial score (nSPS) is 15.2. The second-order valence-electron chi connectivity index (χ2n) is 8.06. The van der Waals surface area contributed by atoms with Crippen molar-refractivity contribution in [3.63, 3.8) is 0 Å². The molecular weight excluding hydrogens is 502 g/mol. The molecule has 2 N–H and O–H groups in total. The lowest BCUT2D eigenvalue weighted by atomic mass is 9.88. The Kier molecular flexibility index (Phi) is 6.47. The van der Waals surface area contributed by atoms with Gasteiger partial charge >= 0.3 is 6.61 Å². The van der Waals surface area contributed by atoms with Gasteiger partial charge in [0.2, 0.25) is 20.0 Å². The van der Waals surface area contributed by atoms with E-state index in [-0.39, 0.29) is 11.5 Å². The molecule has 186 valence electrons. The number of sulfonamides is 2. The van der Waals surface area contributed by atoms with Gasteiger partial charge in [-0.25, -0.2) is 22.0 Å². The van der Waals surface area contributed by atoms with Crippen LogP contribution in [0.4, 0.5) is 14.5 Å². The van der Waals surface area contributed by atoms with Crippen LogP contribution in [0, 0.1) is 0 Å². The Labute approximate surface area is 202 Å². The fraction of sp³-hybridized carbons (Fsp3) is 0.217. The molecule has 0 radical (unpaired) electrons. The Hall–Kier alpha value is -3.22. The van der Waals surface area contributed by atoms with Crippen LogP contribution in [0.3, 0.4) is 0 Å². The Bertz CT molecular complexity index is 1490. The van der Waals surface area contributed by atoms with E-state index in [1.54, 1.807) is 48.5 Å². The molecular formula is C23H22F2N2O6S2. The lowest BCUT2D eigenvalue weighted by molar-refractivity contribution is -0.0496. The largest absolute Gasteiger partial charge is 0.480 e. The lowest BCUT2D eigenvalue weighted by Gasteiger charge is -2.31. The van der Waals surface area contributed by atoms with E-state index in [1.807, 2.05) is 0 Å². The molecule has 8 nitrogen and oxygen atoms in total. The quantitative estimate of drug-likeness (QED) is 0.505. The summed E-state index contributed by atoms with van der Waals surface area (Å²) < 4.78 is 85.6. The van der Waals surface area contributed by atoms with Gasteiger partial charge in [0.05, 0.1) is 23.3 Å². The summed E-state index contributed by atoms with van der Waals surface area (Å²) in [5.41, 5.74) is 2.62. The van der Waals surface area contributed by atoms with Crippen molar-refractivity contribution in [3.8, 4) is 22.6 Å². The summed E-state index contributed by atoms with van der Waals surface area (Å²) >= 11 is 0. The highest BCUT2D eigenvalue weighted by molar-refractivity contribution is 7.92. The maximum absolute atomic E-state index is 13.1. The number of nitrogens with two attached hydrogens (primary N) is 1. The van der Waals surface area contributed by atoms with E-state index in [0.717, 1.165) is 10.6 Å². The maximum atomic E-state index is 13.1. The lowest BCUT2D eigenvalue weighted by Crippen LogP contribution is -2.25. The van der Waals surface area contributed by atoms with E-state index in [0.29, 0.717) is 33.5 Å². The molecule has 0 amide bonds. The van der Waals surface area contributed by atoms with Crippen molar-refractivity contribution in [2.24, 2.45) is 5.14 Å². The molecule has 0 aliphatic carbocycles. The predicted molar refractivity (Wildman–Crippen MR) is 127 cm³/mol. The first-order valence-electron chi connectivity index (χ1n) is 10.3. The molecule has 0 saturated heterocycles. The van der Waals surface area contributed by atoms with E-state index in [2.05, 4.69) is 0 Å². The van der Waals surface area contributed by atoms with Gasteiger partial charge in [-0.2, -0.15) is 8.78 Å². The number of anilines is 1. The van der Waals surface area contributed by atoms with Crippen molar-refractivity contribution in [1.29, 1.82) is 0 Å². The van der Waals surface area contributed by atoms with E-state index >= 15 is 0 Å². The zero-order valence-corrected chi connectivity index (χ0v) is 20.3. The van der Waals surface area contributed by atoms with Gasteiger partial charge in [0.15, 0.2) is 0 Å². The number of ether oxygens (including phenoxy) is 2. The number of halogens is 2. The van der Waals surface area contributed by atoms with Crippen LogP contribution in [0.15, 0.2) is 60.7 Å². The summed E-state index contributed by atoms with van der Waals surface area (Å²) in [6.45, 7) is -3.06. The van der Waals surface area contributed by atoms with Gasteiger partial charge in [-0.15, -0.1) is 0 Å². The van der Waals surface area contributed by atoms with E-state index in [4.69, 9.17) is 14.6 Å². The van der Waals surface area contributed by atoms with Crippen LogP contribution in [0.2, 0.25) is 0 Å². The van der Waals surface area contributed by atoms with Crippen molar-refractivity contribution in [3.05, 3.63) is 77.4 Å². The first-order valence-corrected chi connectivity index (χ1v) is 13.8. The Balaban J connectivity index is 1.90. The summed E-state index contributed by atoms with van der Waals surface area (Å²) in [5.74, 6) is -0.255. The third-order valence-corrected chi connectivity index (χ3v) is 7.46. The molecule has 4 rings (SSSR count). The first kappa shape index (κ1) is 24.9. The zero-order chi connectivity index (χ0) is 25.5. The van der Waals surface area contributed by atoms with Crippen molar-refractivity contribution >= 4 is 25.7 Å². The molecule has 0 aromatic heterocycles. The standard InChI is InChI=1S/C23H22F2N2O6S2/c1-27(34(2,28)29)16-6-3-5-15(12-16)22-18-11-14(13-35(26,30)31)9-10-17(18)21-19(32-22)7-4-8-20(21)33-23(24)25/h3-12,22-23H,13H2,1-2H3,(H2,26,30,31). The smallest absolute Gasteiger partial charge is 0.387 e. The summed E-state index contributed by atoms with van der Waals surface area (Å²) in [4.78, 5) is 0. The molecule has 1 unspecified atom stereocenters. The number of benzene rings is 3. The second kappa shape index (κ2) is 9.10. The van der Waals surface area contributed by atoms with Crippen LogP contribution in [0.1, 0.15) is 22.8 Å². The SMILES string of the molecule is CN(c1cccc(C2Oc3cccc(OC(F)F)c3-c3ccc(CS(N)(=O)=O)cc32)c1)S(C)(=O)=O. The van der Waals surface area contributed by atoms with Crippen LogP contribution < -0.4 is 18.9 Å². The van der Waals surface area contributed by atoms with Crippen LogP contribution in [-0.2, 0) is 25.8 Å². The third-order valence-electron chi connectivity index (χ3n) is 5.52. The van der Waals surface area contributed by atoms with E-state index < -0.39 is 38.5 Å². The summed E-state index contributed by atoms with van der Waals surface area (Å²) in [6, 6.07) is 15.9. The van der Waals surface area contributed by atoms with Gasteiger partial charge in [0, 0.05) is 12.6 Å². The van der Waals surface area contributed by atoms with Crippen molar-refractivity contribution in [2.45, 2.75) is 18.5 Å². The molecule has 0 fully saturated rings. The molecule has 3 aromatic rings. The van der Waals surface area contributed by atoms with Gasteiger partial charge in [-0.1, -0.05) is 36.4 Å². The average Bonchev–Trinajstić information content (AvgIpc) is 2.76. The van der Waals surface area contributed by atoms with Gasteiger partial charge in [0.25, 0.3) is 0 Å². The van der Waals surface area contributed by atoms with E-state index in [9.17, 15) is 25.6 Å². The van der Waals surface area contributed by atoms with Crippen molar-refractivity contribution in [1.82, 2.24) is 0 Å². The number of hydrogen-bond acceptors (Lipinski definition) is 6. The number of primary sulfonamides is 1. The van der Waals surface area contributed by atoms with Gasteiger partial charge in [0.1, 0.15) is 17.6 Å². The summed E-state index contributed by atoms with van der Waals surface area (Å²) in [6.07, 6.45) is 0.277. The number of rotatable bonds is 7. The highest BCUT2D eigenvalue weighted by atomic mass is 32.2. The van der Waals surface area contributed by atoms with Crippen LogP contribution in [0.25, 0.3) is 11.1 Å². The molecule has 0 saturated carbocycles. The minimum atomic E-state index is -3.84. The maximum Gasteiger partial charge on any atom is 0.387 e. The topological polar surface area (TPSA) is 116 Å². The number of hydrogen-bond donors (Lipinski definition) is 1. The Morgan fingerprint density at radius 2 is 1.77 bits per heavy atom. The van der Waals surface area contributed by atoms with Gasteiger partial charge < -0.3 is 9.47 Å². The number of fused-ring (bicyclic) bond motifs is 3. The van der Waals surface area contributed by atoms with Crippen molar-refractivity contribution in [2.75, 3.05) is 17.6 Å².